The Labute approximate surface area is 148 Å². The van der Waals surface area contributed by atoms with E-state index < -0.39 is 6.10 Å². The predicted octanol–water partition coefficient (Wildman–Crippen LogP) is 2.61. The number of rotatable bonds is 10. The van der Waals surface area contributed by atoms with Crippen LogP contribution >= 0.6 is 0 Å². The van der Waals surface area contributed by atoms with E-state index in [1.54, 1.807) is 24.3 Å². The molecule has 0 spiro atoms. The SMILES string of the molecule is CC(=O)c1ccc(OC[C@H](O)CNCCOc2ccc(C)cc2)cc1. The number of ketones is 1. The second-order valence-corrected chi connectivity index (χ2v) is 5.91. The van der Waals surface area contributed by atoms with Gasteiger partial charge in [-0.15, -0.1) is 0 Å². The molecule has 5 nitrogen and oxygen atoms in total. The van der Waals surface area contributed by atoms with Crippen molar-refractivity contribution in [2.24, 2.45) is 0 Å². The largest absolute Gasteiger partial charge is 0.492 e. The molecule has 0 fully saturated rings. The van der Waals surface area contributed by atoms with Crippen LogP contribution in [0.1, 0.15) is 22.8 Å². The third kappa shape index (κ3) is 6.95. The number of ether oxygens (including phenoxy) is 2. The summed E-state index contributed by atoms with van der Waals surface area (Å²) in [6.07, 6.45) is -0.619. The monoisotopic (exact) mass is 343 g/mol. The first-order chi connectivity index (χ1) is 12.0. The lowest BCUT2D eigenvalue weighted by Gasteiger charge is -2.14. The number of benzene rings is 2. The predicted molar refractivity (Wildman–Crippen MR) is 97.5 cm³/mol. The van der Waals surface area contributed by atoms with E-state index in [1.807, 2.05) is 31.2 Å². The van der Waals surface area contributed by atoms with Gasteiger partial charge >= 0.3 is 0 Å². The molecule has 0 amide bonds. The van der Waals surface area contributed by atoms with Crippen LogP contribution < -0.4 is 14.8 Å². The third-order valence-electron chi connectivity index (χ3n) is 3.65. The van der Waals surface area contributed by atoms with Crippen LogP contribution in [0.3, 0.4) is 0 Å². The fourth-order valence-corrected chi connectivity index (χ4v) is 2.18. The van der Waals surface area contributed by atoms with Crippen molar-refractivity contribution in [3.63, 3.8) is 0 Å². The van der Waals surface area contributed by atoms with Crippen molar-refractivity contribution in [1.29, 1.82) is 0 Å². The maximum absolute atomic E-state index is 11.2. The fraction of sp³-hybridized carbons (Fsp3) is 0.350. The van der Waals surface area contributed by atoms with E-state index in [9.17, 15) is 9.90 Å². The summed E-state index contributed by atoms with van der Waals surface area (Å²) in [7, 11) is 0. The second kappa shape index (κ2) is 9.81. The zero-order valence-corrected chi connectivity index (χ0v) is 14.7. The van der Waals surface area contributed by atoms with Crippen LogP contribution in [0.15, 0.2) is 48.5 Å². The highest BCUT2D eigenvalue weighted by molar-refractivity contribution is 5.94. The Bertz CT molecular complexity index is 652. The molecule has 0 aliphatic heterocycles. The standard InChI is InChI=1S/C20H25NO4/c1-15-3-7-19(8-4-15)24-12-11-21-13-18(23)14-25-20-9-5-17(6-10-20)16(2)22/h3-10,18,21,23H,11-14H2,1-2H3/t18-/m1/s1. The summed E-state index contributed by atoms with van der Waals surface area (Å²) >= 11 is 0. The number of aryl methyl sites for hydroxylation is 1. The summed E-state index contributed by atoms with van der Waals surface area (Å²) in [5, 5.41) is 13.0. The number of nitrogens with one attached hydrogen (secondary N) is 1. The van der Waals surface area contributed by atoms with Gasteiger partial charge in [0.25, 0.3) is 0 Å². The lowest BCUT2D eigenvalue weighted by molar-refractivity contribution is 0.101. The second-order valence-electron chi connectivity index (χ2n) is 5.91. The first-order valence-electron chi connectivity index (χ1n) is 8.36. The van der Waals surface area contributed by atoms with Crippen molar-refractivity contribution in [1.82, 2.24) is 5.32 Å². The number of aliphatic hydroxyl groups excluding tert-OH is 1. The molecule has 2 rings (SSSR count). The molecular weight excluding hydrogens is 318 g/mol. The van der Waals surface area contributed by atoms with Gasteiger partial charge in [-0.1, -0.05) is 17.7 Å². The first-order valence-corrected chi connectivity index (χ1v) is 8.36. The lowest BCUT2D eigenvalue weighted by atomic mass is 10.1. The maximum Gasteiger partial charge on any atom is 0.159 e. The van der Waals surface area contributed by atoms with Gasteiger partial charge < -0.3 is 19.9 Å². The summed E-state index contributed by atoms with van der Waals surface area (Å²) in [5.41, 5.74) is 1.84. The van der Waals surface area contributed by atoms with Gasteiger partial charge in [0.05, 0.1) is 0 Å². The fourth-order valence-electron chi connectivity index (χ4n) is 2.18. The minimum absolute atomic E-state index is 0.0173. The van der Waals surface area contributed by atoms with E-state index in [0.29, 0.717) is 31.0 Å². The highest BCUT2D eigenvalue weighted by Crippen LogP contribution is 2.13. The van der Waals surface area contributed by atoms with Gasteiger partial charge in [-0.25, -0.2) is 0 Å². The molecule has 2 aromatic rings. The van der Waals surface area contributed by atoms with E-state index in [4.69, 9.17) is 9.47 Å². The Balaban J connectivity index is 1.58. The molecular formula is C20H25NO4. The Kier molecular flexibility index (Phi) is 7.44. The van der Waals surface area contributed by atoms with Crippen molar-refractivity contribution in [3.05, 3.63) is 59.7 Å². The molecule has 0 unspecified atom stereocenters. The van der Waals surface area contributed by atoms with Crippen LogP contribution in [0.4, 0.5) is 0 Å². The van der Waals surface area contributed by atoms with Crippen LogP contribution in [0, 0.1) is 6.92 Å². The van der Waals surface area contributed by atoms with E-state index in [1.165, 1.54) is 12.5 Å². The highest BCUT2D eigenvalue weighted by atomic mass is 16.5. The smallest absolute Gasteiger partial charge is 0.159 e. The topological polar surface area (TPSA) is 67.8 Å². The van der Waals surface area contributed by atoms with E-state index in [2.05, 4.69) is 5.32 Å². The molecule has 134 valence electrons. The van der Waals surface area contributed by atoms with Crippen LogP contribution in [0.2, 0.25) is 0 Å². The zero-order chi connectivity index (χ0) is 18.1. The van der Waals surface area contributed by atoms with Gasteiger partial charge in [0.2, 0.25) is 0 Å². The summed E-state index contributed by atoms with van der Waals surface area (Å²) in [5.74, 6) is 1.49. The molecule has 0 bridgehead atoms. The molecule has 0 aliphatic rings. The number of aliphatic hydroxyl groups is 1. The summed E-state index contributed by atoms with van der Waals surface area (Å²) in [4.78, 5) is 11.2. The van der Waals surface area contributed by atoms with E-state index in [-0.39, 0.29) is 12.4 Å². The Morgan fingerprint density at radius 2 is 1.64 bits per heavy atom. The summed E-state index contributed by atoms with van der Waals surface area (Å²) in [6, 6.07) is 14.8. The molecule has 0 saturated carbocycles. The minimum Gasteiger partial charge on any atom is -0.492 e. The number of carbonyl (C=O) groups is 1. The van der Waals surface area contributed by atoms with Crippen LogP contribution in [-0.2, 0) is 0 Å². The van der Waals surface area contributed by atoms with Crippen molar-refractivity contribution in [2.75, 3.05) is 26.3 Å². The Hall–Kier alpha value is -2.37. The van der Waals surface area contributed by atoms with Crippen LogP contribution in [0.5, 0.6) is 11.5 Å². The van der Waals surface area contributed by atoms with Gasteiger partial charge in [0.1, 0.15) is 30.8 Å². The number of Topliss-reactive ketones (excluding diaryl/α,β-unsaturated/α-hetero) is 1. The molecule has 0 saturated heterocycles. The molecule has 0 aromatic heterocycles. The molecule has 25 heavy (non-hydrogen) atoms. The quantitative estimate of drug-likeness (QED) is 0.513. The van der Waals surface area contributed by atoms with Gasteiger partial charge in [-0.05, 0) is 50.2 Å². The van der Waals surface area contributed by atoms with Gasteiger partial charge in [0.15, 0.2) is 5.78 Å². The van der Waals surface area contributed by atoms with Crippen molar-refractivity contribution < 1.29 is 19.4 Å². The maximum atomic E-state index is 11.2. The Morgan fingerprint density at radius 1 is 1.04 bits per heavy atom. The number of hydrogen-bond donors (Lipinski definition) is 2. The average Bonchev–Trinajstić information content (AvgIpc) is 2.61. The van der Waals surface area contributed by atoms with Gasteiger partial charge in [0, 0.05) is 18.7 Å². The molecule has 2 aromatic carbocycles. The molecule has 5 heteroatoms. The highest BCUT2D eigenvalue weighted by Gasteiger charge is 2.06. The normalized spacial score (nSPS) is 11.8. The molecule has 0 radical (unpaired) electrons. The minimum atomic E-state index is -0.619. The molecule has 0 heterocycles. The summed E-state index contributed by atoms with van der Waals surface area (Å²) in [6.45, 7) is 5.33. The first kappa shape index (κ1) is 19.0. The molecule has 1 atom stereocenters. The van der Waals surface area contributed by atoms with Gasteiger partial charge in [-0.3, -0.25) is 4.79 Å². The van der Waals surface area contributed by atoms with Gasteiger partial charge in [-0.2, -0.15) is 0 Å². The van der Waals surface area contributed by atoms with E-state index in [0.717, 1.165) is 5.75 Å². The van der Waals surface area contributed by atoms with Crippen LogP contribution in [0.25, 0.3) is 0 Å². The summed E-state index contributed by atoms with van der Waals surface area (Å²) < 4.78 is 11.1. The average molecular weight is 343 g/mol. The van der Waals surface area contributed by atoms with E-state index >= 15 is 0 Å². The molecule has 2 N–H and O–H groups in total. The van der Waals surface area contributed by atoms with Crippen molar-refractivity contribution in [3.8, 4) is 11.5 Å². The molecule has 0 aliphatic carbocycles. The lowest BCUT2D eigenvalue weighted by Crippen LogP contribution is -2.33. The van der Waals surface area contributed by atoms with Crippen LogP contribution in [-0.4, -0.2) is 43.3 Å². The van der Waals surface area contributed by atoms with Crippen molar-refractivity contribution in [2.45, 2.75) is 20.0 Å². The number of hydrogen-bond acceptors (Lipinski definition) is 5. The Morgan fingerprint density at radius 3 is 2.28 bits per heavy atom. The zero-order valence-electron chi connectivity index (χ0n) is 14.7. The van der Waals surface area contributed by atoms with Crippen molar-refractivity contribution >= 4 is 5.78 Å². The third-order valence-corrected chi connectivity index (χ3v) is 3.65. The number of carbonyl (C=O) groups excluding carboxylic acids is 1.